The summed E-state index contributed by atoms with van der Waals surface area (Å²) in [6, 6.07) is 7.54. The number of carbonyl (C=O) groups excluding carboxylic acids is 1. The van der Waals surface area contributed by atoms with Crippen molar-refractivity contribution in [1.82, 2.24) is 19.9 Å². The summed E-state index contributed by atoms with van der Waals surface area (Å²) in [5, 5.41) is 6.16. The zero-order valence-corrected chi connectivity index (χ0v) is 17.0. The van der Waals surface area contributed by atoms with E-state index in [0.29, 0.717) is 16.6 Å². The molecule has 0 fully saturated rings. The van der Waals surface area contributed by atoms with Gasteiger partial charge in [0.25, 0.3) is 5.91 Å². The summed E-state index contributed by atoms with van der Waals surface area (Å²) in [5.74, 6) is -0.637. The Morgan fingerprint density at radius 3 is 2.57 bits per heavy atom. The summed E-state index contributed by atoms with van der Waals surface area (Å²) in [7, 11) is 0. The minimum absolute atomic E-state index is 0.0760. The number of alkyl halides is 3. The van der Waals surface area contributed by atoms with E-state index in [4.69, 9.17) is 11.6 Å². The van der Waals surface area contributed by atoms with Gasteiger partial charge in [0.15, 0.2) is 17.0 Å². The molecule has 3 aromatic rings. The first-order valence-electron chi connectivity index (χ1n) is 8.43. The Morgan fingerprint density at radius 1 is 1.29 bits per heavy atom. The summed E-state index contributed by atoms with van der Waals surface area (Å²) < 4.78 is 42.2. The van der Waals surface area contributed by atoms with Gasteiger partial charge in [0.2, 0.25) is 0 Å². The number of nitrogens with one attached hydrogen (secondary N) is 1. The van der Waals surface area contributed by atoms with Gasteiger partial charge in [0, 0.05) is 16.6 Å². The third-order valence-corrected chi connectivity index (χ3v) is 4.87. The molecule has 1 N–H and O–H groups in total. The maximum atomic E-state index is 13.6. The van der Waals surface area contributed by atoms with Crippen LogP contribution in [0.5, 0.6) is 0 Å². The molecule has 2 aromatic heterocycles. The molecule has 0 saturated heterocycles. The number of carbonyl (C=O) groups is 1. The SMILES string of the molecule is CCCCNC(=O)c1nn2c(C(F)(F)F)cc(-c3ccc(Br)cc3)nc2c1Cl. The van der Waals surface area contributed by atoms with Crippen molar-refractivity contribution in [2.75, 3.05) is 6.54 Å². The summed E-state index contributed by atoms with van der Waals surface area (Å²) in [4.78, 5) is 16.5. The number of rotatable bonds is 5. The molecule has 0 aliphatic heterocycles. The number of hydrogen-bond acceptors (Lipinski definition) is 3. The minimum Gasteiger partial charge on any atom is -0.351 e. The highest BCUT2D eigenvalue weighted by molar-refractivity contribution is 9.10. The summed E-state index contributed by atoms with van der Waals surface area (Å²) in [6.45, 7) is 2.33. The van der Waals surface area contributed by atoms with E-state index < -0.39 is 17.8 Å². The Labute approximate surface area is 172 Å². The lowest BCUT2D eigenvalue weighted by molar-refractivity contribution is -0.142. The number of fused-ring (bicyclic) bond motifs is 1. The lowest BCUT2D eigenvalue weighted by Gasteiger charge is -2.11. The van der Waals surface area contributed by atoms with E-state index in [1.165, 1.54) is 0 Å². The Morgan fingerprint density at radius 2 is 1.96 bits per heavy atom. The molecule has 0 saturated carbocycles. The van der Waals surface area contributed by atoms with E-state index in [2.05, 4.69) is 31.3 Å². The highest BCUT2D eigenvalue weighted by atomic mass is 79.9. The topological polar surface area (TPSA) is 59.3 Å². The van der Waals surface area contributed by atoms with Gasteiger partial charge in [-0.15, -0.1) is 0 Å². The van der Waals surface area contributed by atoms with Crippen molar-refractivity contribution in [3.05, 3.63) is 51.2 Å². The molecule has 0 aliphatic rings. The van der Waals surface area contributed by atoms with Crippen LogP contribution in [0.25, 0.3) is 16.9 Å². The van der Waals surface area contributed by atoms with Crippen LogP contribution in [0.4, 0.5) is 13.2 Å². The van der Waals surface area contributed by atoms with E-state index in [0.717, 1.165) is 23.4 Å². The van der Waals surface area contributed by atoms with Gasteiger partial charge in [-0.3, -0.25) is 4.79 Å². The molecule has 1 aromatic carbocycles. The fourth-order valence-corrected chi connectivity index (χ4v) is 3.08. The van der Waals surface area contributed by atoms with Crippen molar-refractivity contribution in [3.8, 4) is 11.3 Å². The van der Waals surface area contributed by atoms with E-state index in [-0.39, 0.29) is 22.1 Å². The highest BCUT2D eigenvalue weighted by Gasteiger charge is 2.36. The fourth-order valence-electron chi connectivity index (χ4n) is 2.57. The van der Waals surface area contributed by atoms with Crippen LogP contribution in [-0.2, 0) is 6.18 Å². The van der Waals surface area contributed by atoms with Gasteiger partial charge in [-0.25, -0.2) is 9.50 Å². The average Bonchev–Trinajstić information content (AvgIpc) is 2.98. The minimum atomic E-state index is -4.71. The van der Waals surface area contributed by atoms with Crippen molar-refractivity contribution in [3.63, 3.8) is 0 Å². The third kappa shape index (κ3) is 4.15. The number of hydrogen-bond donors (Lipinski definition) is 1. The number of benzene rings is 1. The predicted octanol–water partition coefficient (Wildman–Crippen LogP) is 5.36. The molecule has 0 bridgehead atoms. The van der Waals surface area contributed by atoms with Gasteiger partial charge in [0.1, 0.15) is 5.02 Å². The summed E-state index contributed by atoms with van der Waals surface area (Å²) in [6.07, 6.45) is -3.12. The van der Waals surface area contributed by atoms with Crippen LogP contribution in [0, 0.1) is 0 Å². The monoisotopic (exact) mass is 474 g/mol. The fraction of sp³-hybridized carbons (Fsp3) is 0.278. The third-order valence-electron chi connectivity index (χ3n) is 3.99. The van der Waals surface area contributed by atoms with E-state index in [9.17, 15) is 18.0 Å². The molecule has 0 spiro atoms. The standard InChI is InChI=1S/C18H15BrClF3N4O/c1-2-3-8-24-17(28)15-14(20)16-25-12(10-4-6-11(19)7-5-10)9-13(18(21,22)23)27(16)26-15/h4-7,9H,2-3,8H2,1H3,(H,24,28). The van der Waals surface area contributed by atoms with E-state index >= 15 is 0 Å². The molecule has 0 aliphatic carbocycles. The molecule has 1 amide bonds. The van der Waals surface area contributed by atoms with Gasteiger partial charge in [-0.1, -0.05) is 53.0 Å². The first-order chi connectivity index (χ1) is 13.2. The molecule has 5 nitrogen and oxygen atoms in total. The molecule has 3 rings (SSSR count). The first kappa shape index (κ1) is 20.6. The molecule has 28 heavy (non-hydrogen) atoms. The van der Waals surface area contributed by atoms with Crippen molar-refractivity contribution in [2.24, 2.45) is 0 Å². The van der Waals surface area contributed by atoms with E-state index in [1.807, 2.05) is 6.92 Å². The van der Waals surface area contributed by atoms with Crippen molar-refractivity contribution < 1.29 is 18.0 Å². The molecule has 10 heteroatoms. The van der Waals surface area contributed by atoms with Crippen LogP contribution in [0.1, 0.15) is 35.9 Å². The zero-order chi connectivity index (χ0) is 20.5. The normalized spacial score (nSPS) is 11.8. The number of aromatic nitrogens is 3. The van der Waals surface area contributed by atoms with Crippen LogP contribution in [-0.4, -0.2) is 27.0 Å². The van der Waals surface area contributed by atoms with Crippen LogP contribution < -0.4 is 5.32 Å². The summed E-state index contributed by atoms with van der Waals surface area (Å²) in [5.41, 5.74) is -1.03. The predicted molar refractivity (Wildman–Crippen MR) is 103 cm³/mol. The van der Waals surface area contributed by atoms with Crippen LogP contribution in [0.2, 0.25) is 5.02 Å². The Balaban J connectivity index is 2.15. The van der Waals surface area contributed by atoms with Crippen molar-refractivity contribution in [2.45, 2.75) is 25.9 Å². The summed E-state index contributed by atoms with van der Waals surface area (Å²) >= 11 is 9.47. The van der Waals surface area contributed by atoms with Gasteiger partial charge < -0.3 is 5.32 Å². The molecule has 148 valence electrons. The Kier molecular flexibility index (Phi) is 5.95. The number of halogens is 5. The molecule has 0 radical (unpaired) electrons. The number of unbranched alkanes of at least 4 members (excludes halogenated alkanes) is 1. The first-order valence-corrected chi connectivity index (χ1v) is 9.60. The second kappa shape index (κ2) is 8.08. The Hall–Kier alpha value is -2.13. The van der Waals surface area contributed by atoms with E-state index in [1.54, 1.807) is 24.3 Å². The Bertz CT molecular complexity index is 1020. The number of nitrogens with zero attached hydrogens (tertiary/aromatic N) is 3. The van der Waals surface area contributed by atoms with Crippen molar-refractivity contribution >= 4 is 39.1 Å². The number of amides is 1. The lowest BCUT2D eigenvalue weighted by atomic mass is 10.1. The molecule has 0 unspecified atom stereocenters. The highest BCUT2D eigenvalue weighted by Crippen LogP contribution is 2.34. The molecule has 2 heterocycles. The van der Waals surface area contributed by atoms with Gasteiger partial charge in [0.05, 0.1) is 5.69 Å². The molecular weight excluding hydrogens is 461 g/mol. The van der Waals surface area contributed by atoms with Crippen molar-refractivity contribution in [1.29, 1.82) is 0 Å². The van der Waals surface area contributed by atoms with Crippen LogP contribution in [0.15, 0.2) is 34.8 Å². The largest absolute Gasteiger partial charge is 0.433 e. The maximum absolute atomic E-state index is 13.6. The van der Waals surface area contributed by atoms with Gasteiger partial charge in [-0.05, 0) is 24.6 Å². The van der Waals surface area contributed by atoms with Crippen LogP contribution in [0.3, 0.4) is 0 Å². The lowest BCUT2D eigenvalue weighted by Crippen LogP contribution is -2.25. The molecular formula is C18H15BrClF3N4O. The second-order valence-corrected chi connectivity index (χ2v) is 7.33. The van der Waals surface area contributed by atoms with Gasteiger partial charge in [-0.2, -0.15) is 18.3 Å². The van der Waals surface area contributed by atoms with Gasteiger partial charge >= 0.3 is 6.18 Å². The second-order valence-electron chi connectivity index (χ2n) is 6.04. The average molecular weight is 476 g/mol. The van der Waals surface area contributed by atoms with Crippen LogP contribution >= 0.6 is 27.5 Å². The molecule has 0 atom stereocenters. The maximum Gasteiger partial charge on any atom is 0.433 e. The quantitative estimate of drug-likeness (QED) is 0.505. The smallest absolute Gasteiger partial charge is 0.351 e. The zero-order valence-electron chi connectivity index (χ0n) is 14.6.